The number of benzene rings is 3. The van der Waals surface area contributed by atoms with Gasteiger partial charge in [-0.25, -0.2) is 23.2 Å². The molecule has 30 heavy (non-hydrogen) atoms. The van der Waals surface area contributed by atoms with E-state index in [1.807, 2.05) is 0 Å². The van der Waals surface area contributed by atoms with Crippen LogP contribution >= 0.6 is 0 Å². The predicted octanol–water partition coefficient (Wildman–Crippen LogP) is 3.99. The van der Waals surface area contributed by atoms with Gasteiger partial charge in [-0.3, -0.25) is 0 Å². The third-order valence-corrected chi connectivity index (χ3v) is 4.36. The second-order valence-corrected chi connectivity index (χ2v) is 6.35. The minimum Gasteiger partial charge on any atom is -0.507 e. The SMILES string of the molecule is O=C(O)c1ccc(-n2nc(-c3cc(F)ccc3O)nc2-c2cc(F)ccc2O)cc1. The van der Waals surface area contributed by atoms with Gasteiger partial charge in [-0.1, -0.05) is 0 Å². The van der Waals surface area contributed by atoms with Gasteiger partial charge in [0.2, 0.25) is 0 Å². The van der Waals surface area contributed by atoms with Crippen LogP contribution in [0.15, 0.2) is 60.7 Å². The van der Waals surface area contributed by atoms with E-state index >= 15 is 0 Å². The summed E-state index contributed by atoms with van der Waals surface area (Å²) in [6, 6.07) is 12.1. The molecule has 3 N–H and O–H groups in total. The Labute approximate surface area is 168 Å². The molecule has 1 heterocycles. The molecule has 3 aromatic carbocycles. The van der Waals surface area contributed by atoms with Crippen molar-refractivity contribution in [1.82, 2.24) is 14.8 Å². The number of nitrogens with zero attached hydrogens (tertiary/aromatic N) is 3. The topological polar surface area (TPSA) is 108 Å². The van der Waals surface area contributed by atoms with Gasteiger partial charge in [0.15, 0.2) is 11.6 Å². The first-order chi connectivity index (χ1) is 14.3. The lowest BCUT2D eigenvalue weighted by Gasteiger charge is -2.08. The smallest absolute Gasteiger partial charge is 0.335 e. The average Bonchev–Trinajstić information content (AvgIpc) is 3.16. The molecule has 0 spiro atoms. The molecule has 0 aliphatic rings. The molecule has 150 valence electrons. The van der Waals surface area contributed by atoms with Crippen LogP contribution < -0.4 is 0 Å². The standard InChI is InChI=1S/C21H13F2N3O4/c22-12-3-7-17(27)15(9-12)19-24-20(16-10-13(23)4-8-18(16)28)26(25-19)14-5-1-11(2-6-14)21(29)30/h1-10,27-28H,(H,29,30). The number of rotatable bonds is 4. The molecule has 0 atom stereocenters. The lowest BCUT2D eigenvalue weighted by atomic mass is 10.1. The Balaban J connectivity index is 1.95. The zero-order valence-corrected chi connectivity index (χ0v) is 15.1. The number of aromatic nitrogens is 3. The first-order valence-corrected chi connectivity index (χ1v) is 8.62. The monoisotopic (exact) mass is 409 g/mol. The summed E-state index contributed by atoms with van der Waals surface area (Å²) < 4.78 is 28.8. The quantitative estimate of drug-likeness (QED) is 0.470. The molecule has 0 aliphatic heterocycles. The zero-order chi connectivity index (χ0) is 21.4. The van der Waals surface area contributed by atoms with Crippen molar-refractivity contribution >= 4 is 5.97 Å². The lowest BCUT2D eigenvalue weighted by Crippen LogP contribution is -2.02. The van der Waals surface area contributed by atoms with Crippen molar-refractivity contribution in [1.29, 1.82) is 0 Å². The highest BCUT2D eigenvalue weighted by Crippen LogP contribution is 2.34. The van der Waals surface area contributed by atoms with Crippen LogP contribution in [-0.4, -0.2) is 36.1 Å². The fourth-order valence-electron chi connectivity index (χ4n) is 2.90. The van der Waals surface area contributed by atoms with Crippen molar-refractivity contribution < 1.29 is 28.9 Å². The van der Waals surface area contributed by atoms with Crippen LogP contribution in [-0.2, 0) is 0 Å². The first-order valence-electron chi connectivity index (χ1n) is 8.62. The number of hydrogen-bond donors (Lipinski definition) is 3. The van der Waals surface area contributed by atoms with Crippen LogP contribution in [0.25, 0.3) is 28.5 Å². The van der Waals surface area contributed by atoms with Crippen molar-refractivity contribution in [3.8, 4) is 40.0 Å². The van der Waals surface area contributed by atoms with E-state index in [4.69, 9.17) is 5.11 Å². The molecular weight excluding hydrogens is 396 g/mol. The molecule has 0 unspecified atom stereocenters. The third-order valence-electron chi connectivity index (χ3n) is 4.36. The van der Waals surface area contributed by atoms with E-state index in [0.717, 1.165) is 36.4 Å². The van der Waals surface area contributed by atoms with Crippen molar-refractivity contribution in [3.63, 3.8) is 0 Å². The first kappa shape index (κ1) is 19.1. The summed E-state index contributed by atoms with van der Waals surface area (Å²) in [4.78, 5) is 15.4. The maximum Gasteiger partial charge on any atom is 0.335 e. The third kappa shape index (κ3) is 3.44. The summed E-state index contributed by atoms with van der Waals surface area (Å²) in [6.45, 7) is 0. The summed E-state index contributed by atoms with van der Waals surface area (Å²) in [6.07, 6.45) is 0. The highest BCUT2D eigenvalue weighted by Gasteiger charge is 2.20. The largest absolute Gasteiger partial charge is 0.507 e. The number of carboxylic acids is 1. The molecule has 0 aliphatic carbocycles. The van der Waals surface area contributed by atoms with Crippen LogP contribution in [0.2, 0.25) is 0 Å². The molecule has 0 fully saturated rings. The van der Waals surface area contributed by atoms with Crippen LogP contribution in [0.4, 0.5) is 8.78 Å². The van der Waals surface area contributed by atoms with E-state index in [2.05, 4.69) is 10.1 Å². The number of carbonyl (C=O) groups is 1. The Morgan fingerprint density at radius 3 is 2.00 bits per heavy atom. The minimum absolute atomic E-state index is 0.00644. The molecule has 0 bridgehead atoms. The van der Waals surface area contributed by atoms with Crippen LogP contribution in [0, 0.1) is 11.6 Å². The summed E-state index contributed by atoms with van der Waals surface area (Å²) in [5.41, 5.74) is 0.394. The van der Waals surface area contributed by atoms with Crippen LogP contribution in [0.5, 0.6) is 11.5 Å². The summed E-state index contributed by atoms with van der Waals surface area (Å²) in [5.74, 6) is -2.99. The van der Waals surface area contributed by atoms with Crippen LogP contribution in [0.1, 0.15) is 10.4 Å². The molecule has 0 saturated heterocycles. The van der Waals surface area contributed by atoms with Gasteiger partial charge in [-0.2, -0.15) is 0 Å². The number of aromatic hydroxyl groups is 2. The Morgan fingerprint density at radius 2 is 1.40 bits per heavy atom. The second kappa shape index (κ2) is 7.28. The molecule has 0 amide bonds. The Morgan fingerprint density at radius 1 is 0.833 bits per heavy atom. The molecule has 9 heteroatoms. The number of phenols is 2. The summed E-state index contributed by atoms with van der Waals surface area (Å²) >= 11 is 0. The Kier molecular flexibility index (Phi) is 4.63. The van der Waals surface area contributed by atoms with Gasteiger partial charge in [0.25, 0.3) is 0 Å². The van der Waals surface area contributed by atoms with Gasteiger partial charge in [0, 0.05) is 0 Å². The fraction of sp³-hybridized carbons (Fsp3) is 0. The molecule has 0 radical (unpaired) electrons. The maximum absolute atomic E-state index is 13.8. The maximum atomic E-state index is 13.8. The van der Waals surface area contributed by atoms with E-state index in [-0.39, 0.29) is 39.8 Å². The van der Waals surface area contributed by atoms with E-state index in [1.165, 1.54) is 28.9 Å². The van der Waals surface area contributed by atoms with Gasteiger partial charge in [-0.05, 0) is 60.7 Å². The molecule has 0 saturated carbocycles. The van der Waals surface area contributed by atoms with E-state index < -0.39 is 17.6 Å². The number of aromatic carboxylic acids is 1. The number of halogens is 2. The van der Waals surface area contributed by atoms with Gasteiger partial charge in [0.1, 0.15) is 23.1 Å². The van der Waals surface area contributed by atoms with Crippen molar-refractivity contribution in [2.75, 3.05) is 0 Å². The van der Waals surface area contributed by atoms with Gasteiger partial charge >= 0.3 is 5.97 Å². The van der Waals surface area contributed by atoms with Gasteiger partial charge in [0.05, 0.1) is 22.4 Å². The van der Waals surface area contributed by atoms with Crippen LogP contribution in [0.3, 0.4) is 0 Å². The lowest BCUT2D eigenvalue weighted by molar-refractivity contribution is 0.0697. The summed E-state index contributed by atoms with van der Waals surface area (Å²) in [7, 11) is 0. The van der Waals surface area contributed by atoms with Crippen molar-refractivity contribution in [2.24, 2.45) is 0 Å². The highest BCUT2D eigenvalue weighted by molar-refractivity contribution is 5.87. The van der Waals surface area contributed by atoms with E-state index in [9.17, 15) is 23.8 Å². The van der Waals surface area contributed by atoms with Crippen molar-refractivity contribution in [3.05, 3.63) is 77.9 Å². The molecule has 1 aromatic heterocycles. The Hall–Kier alpha value is -4.27. The normalized spacial score (nSPS) is 10.9. The minimum atomic E-state index is -1.12. The molecule has 4 aromatic rings. The van der Waals surface area contributed by atoms with E-state index in [0.29, 0.717) is 5.69 Å². The molecular formula is C21H13F2N3O4. The average molecular weight is 409 g/mol. The highest BCUT2D eigenvalue weighted by atomic mass is 19.1. The fourth-order valence-corrected chi connectivity index (χ4v) is 2.90. The molecule has 4 rings (SSSR count). The second-order valence-electron chi connectivity index (χ2n) is 6.35. The molecule has 7 nitrogen and oxygen atoms in total. The number of carboxylic acid groups (broad SMARTS) is 1. The predicted molar refractivity (Wildman–Crippen MR) is 102 cm³/mol. The zero-order valence-electron chi connectivity index (χ0n) is 15.1. The van der Waals surface area contributed by atoms with Gasteiger partial charge < -0.3 is 15.3 Å². The number of phenolic OH excluding ortho intramolecular Hbond substituents is 2. The van der Waals surface area contributed by atoms with Crippen molar-refractivity contribution in [2.45, 2.75) is 0 Å². The Bertz CT molecular complexity index is 1270. The van der Waals surface area contributed by atoms with Gasteiger partial charge in [-0.15, -0.1) is 5.10 Å². The summed E-state index contributed by atoms with van der Waals surface area (Å²) in [5, 5.41) is 33.7. The van der Waals surface area contributed by atoms with E-state index in [1.54, 1.807) is 0 Å². The number of hydrogen-bond acceptors (Lipinski definition) is 5.